The molecule has 48 heavy (non-hydrogen) atoms. The fourth-order valence-corrected chi connectivity index (χ4v) is 6.26. The zero-order valence-corrected chi connectivity index (χ0v) is 26.0. The first-order valence-electron chi connectivity index (χ1n) is 15.0. The highest BCUT2D eigenvalue weighted by Crippen LogP contribution is 2.35. The highest BCUT2D eigenvalue weighted by atomic mass is 32.1. The van der Waals surface area contributed by atoms with Crippen LogP contribution >= 0.6 is 11.3 Å². The molecule has 1 aliphatic rings. The molecule has 0 bridgehead atoms. The summed E-state index contributed by atoms with van der Waals surface area (Å²) < 4.78 is 61.4. The Bertz CT molecular complexity index is 2090. The number of fused-ring (bicyclic) bond motifs is 1. The number of halogens is 4. The second-order valence-electron chi connectivity index (χ2n) is 11.0. The molecule has 0 aliphatic carbocycles. The zero-order valence-electron chi connectivity index (χ0n) is 25.2. The van der Waals surface area contributed by atoms with Crippen molar-refractivity contribution in [3.63, 3.8) is 0 Å². The van der Waals surface area contributed by atoms with Crippen molar-refractivity contribution in [2.45, 2.75) is 12.6 Å². The summed E-state index contributed by atoms with van der Waals surface area (Å²) in [6, 6.07) is 19.6. The zero-order chi connectivity index (χ0) is 33.3. The second kappa shape index (κ2) is 13.0. The molecule has 1 amide bonds. The molecule has 6 aromatic rings. The van der Waals surface area contributed by atoms with E-state index in [0.29, 0.717) is 53.6 Å². The number of anilines is 4. The average molecular weight is 674 g/mol. The number of alkyl halides is 3. The van der Waals surface area contributed by atoms with Gasteiger partial charge in [0.1, 0.15) is 11.5 Å². The number of aromatic nitrogens is 4. The van der Waals surface area contributed by atoms with Crippen LogP contribution in [-0.4, -0.2) is 51.6 Å². The highest BCUT2D eigenvalue weighted by molar-refractivity contribution is 7.15. The van der Waals surface area contributed by atoms with Gasteiger partial charge < -0.3 is 20.3 Å². The van der Waals surface area contributed by atoms with E-state index in [1.165, 1.54) is 11.3 Å². The monoisotopic (exact) mass is 673 g/mol. The number of carbonyl (C=O) groups is 1. The fourth-order valence-electron chi connectivity index (χ4n) is 5.55. The number of imidazole rings is 1. The third-order valence-electron chi connectivity index (χ3n) is 7.81. The molecule has 0 atom stereocenters. The number of hydrogen-bond acceptors (Lipinski definition) is 8. The van der Waals surface area contributed by atoms with E-state index in [4.69, 9.17) is 14.7 Å². The molecule has 3 aromatic carbocycles. The van der Waals surface area contributed by atoms with E-state index in [1.54, 1.807) is 30.5 Å². The molecule has 7 rings (SSSR count). The lowest BCUT2D eigenvalue weighted by Crippen LogP contribution is -2.36. The van der Waals surface area contributed by atoms with Crippen LogP contribution in [0.15, 0.2) is 90.6 Å². The Balaban J connectivity index is 1.13. The van der Waals surface area contributed by atoms with Gasteiger partial charge in [-0.25, -0.2) is 19.3 Å². The summed E-state index contributed by atoms with van der Waals surface area (Å²) in [5.41, 5.74) is 3.12. The Morgan fingerprint density at radius 2 is 1.75 bits per heavy atom. The van der Waals surface area contributed by atoms with E-state index in [0.717, 1.165) is 41.6 Å². The van der Waals surface area contributed by atoms with E-state index >= 15 is 0 Å². The Morgan fingerprint density at radius 1 is 0.958 bits per heavy atom. The first-order chi connectivity index (χ1) is 23.2. The van der Waals surface area contributed by atoms with Crippen LogP contribution in [0.5, 0.6) is 0 Å². The van der Waals surface area contributed by atoms with Crippen molar-refractivity contribution in [2.24, 2.45) is 0 Å². The van der Waals surface area contributed by atoms with Gasteiger partial charge in [0.2, 0.25) is 11.9 Å². The quantitative estimate of drug-likeness (QED) is 0.162. The molecule has 0 spiro atoms. The van der Waals surface area contributed by atoms with Crippen LogP contribution in [0, 0.1) is 5.82 Å². The molecule has 1 saturated heterocycles. The van der Waals surface area contributed by atoms with Gasteiger partial charge in [-0.3, -0.25) is 9.20 Å². The van der Waals surface area contributed by atoms with Crippen molar-refractivity contribution in [3.05, 3.63) is 108 Å². The first kappa shape index (κ1) is 31.3. The van der Waals surface area contributed by atoms with Crippen molar-refractivity contribution >= 4 is 45.2 Å². The molecule has 1 fully saturated rings. The number of rotatable bonds is 8. The number of carbonyl (C=O) groups excluding carboxylic acids is 1. The molecule has 14 heteroatoms. The first-order valence-corrected chi connectivity index (χ1v) is 15.8. The maximum absolute atomic E-state index is 14.5. The van der Waals surface area contributed by atoms with Crippen LogP contribution in [0.3, 0.4) is 0 Å². The normalized spacial score (nSPS) is 13.5. The molecule has 1 aliphatic heterocycles. The molecular formula is C34H27F4N7O2S. The molecule has 0 unspecified atom stereocenters. The molecule has 9 nitrogen and oxygen atoms in total. The number of amides is 1. The van der Waals surface area contributed by atoms with Gasteiger partial charge in [0.15, 0.2) is 4.96 Å². The second-order valence-corrected chi connectivity index (χ2v) is 11.9. The summed E-state index contributed by atoms with van der Waals surface area (Å²) in [4.78, 5) is 29.9. The third-order valence-corrected chi connectivity index (χ3v) is 8.57. The van der Waals surface area contributed by atoms with E-state index in [9.17, 15) is 22.4 Å². The molecule has 244 valence electrons. The lowest BCUT2D eigenvalue weighted by Gasteiger charge is -2.28. The van der Waals surface area contributed by atoms with E-state index in [-0.39, 0.29) is 5.56 Å². The molecule has 0 saturated carbocycles. The van der Waals surface area contributed by atoms with E-state index in [1.807, 2.05) is 46.3 Å². The van der Waals surface area contributed by atoms with Crippen molar-refractivity contribution in [1.29, 1.82) is 0 Å². The summed E-state index contributed by atoms with van der Waals surface area (Å²) in [7, 11) is 0. The van der Waals surface area contributed by atoms with Crippen molar-refractivity contribution < 1.29 is 27.1 Å². The number of nitrogens with one attached hydrogen (secondary N) is 2. The summed E-state index contributed by atoms with van der Waals surface area (Å²) in [5.74, 6) is -1.73. The minimum atomic E-state index is -4.86. The van der Waals surface area contributed by atoms with Gasteiger partial charge in [-0.15, -0.1) is 11.3 Å². The van der Waals surface area contributed by atoms with Gasteiger partial charge in [0.25, 0.3) is 0 Å². The minimum Gasteiger partial charge on any atom is -0.378 e. The Morgan fingerprint density at radius 3 is 2.54 bits per heavy atom. The molecular weight excluding hydrogens is 646 g/mol. The largest absolute Gasteiger partial charge is 0.419 e. The van der Waals surface area contributed by atoms with Gasteiger partial charge in [-0.05, 0) is 54.1 Å². The Kier molecular flexibility index (Phi) is 8.50. The van der Waals surface area contributed by atoms with Crippen molar-refractivity contribution in [1.82, 2.24) is 19.4 Å². The van der Waals surface area contributed by atoms with Crippen LogP contribution in [0.25, 0.3) is 27.6 Å². The van der Waals surface area contributed by atoms with Crippen LogP contribution in [0.1, 0.15) is 11.1 Å². The predicted molar refractivity (Wildman–Crippen MR) is 176 cm³/mol. The van der Waals surface area contributed by atoms with Crippen LogP contribution in [-0.2, 0) is 22.1 Å². The summed E-state index contributed by atoms with van der Waals surface area (Å²) in [5, 5.41) is 7.86. The SMILES string of the molecule is O=C(Cc1cccc(C(F)(F)F)c1F)Nc1cccc(-c2nc3sccn3c2-c2ccnc(Nc3ccc(N4CCOCC4)cc3)n2)c1. The number of nitrogens with zero attached hydrogens (tertiary/aromatic N) is 5. The number of morpholine rings is 1. The third kappa shape index (κ3) is 6.57. The minimum absolute atomic E-state index is 0.351. The standard InChI is InChI=1S/C34H27F4N7O2S/c35-29-21(3-2-6-26(29)34(36,37)38)20-28(46)40-24-5-1-4-22(19-24)30-31(45-15-18-48-33(45)43-30)27-11-12-39-32(42-27)41-23-7-9-25(10-8-23)44-13-16-47-17-14-44/h1-12,15,18-19H,13-14,16-17,20H2,(H,40,46)(H,39,41,42). The van der Waals surface area contributed by atoms with Crippen LogP contribution in [0.2, 0.25) is 0 Å². The lowest BCUT2D eigenvalue weighted by molar-refractivity contribution is -0.140. The summed E-state index contributed by atoms with van der Waals surface area (Å²) in [6.07, 6.45) is -1.89. The maximum Gasteiger partial charge on any atom is 0.419 e. The summed E-state index contributed by atoms with van der Waals surface area (Å²) >= 11 is 1.45. The summed E-state index contributed by atoms with van der Waals surface area (Å²) in [6.45, 7) is 3.10. The van der Waals surface area contributed by atoms with Gasteiger partial charge in [-0.2, -0.15) is 13.2 Å². The van der Waals surface area contributed by atoms with Gasteiger partial charge in [0, 0.05) is 53.5 Å². The molecule has 4 heterocycles. The molecule has 3 aromatic heterocycles. The predicted octanol–water partition coefficient (Wildman–Crippen LogP) is 7.44. The van der Waals surface area contributed by atoms with E-state index in [2.05, 4.69) is 20.5 Å². The smallest absolute Gasteiger partial charge is 0.378 e. The van der Waals surface area contributed by atoms with Gasteiger partial charge in [0.05, 0.1) is 36.6 Å². The Labute approximate surface area is 275 Å². The molecule has 2 N–H and O–H groups in total. The Hall–Kier alpha value is -5.34. The van der Waals surface area contributed by atoms with Gasteiger partial charge >= 0.3 is 6.18 Å². The molecule has 0 radical (unpaired) electrons. The van der Waals surface area contributed by atoms with Crippen LogP contribution < -0.4 is 15.5 Å². The van der Waals surface area contributed by atoms with Crippen LogP contribution in [0.4, 0.5) is 40.6 Å². The lowest BCUT2D eigenvalue weighted by atomic mass is 10.1. The topological polar surface area (TPSA) is 96.7 Å². The van der Waals surface area contributed by atoms with E-state index < -0.39 is 29.9 Å². The number of ether oxygens (including phenoxy) is 1. The average Bonchev–Trinajstić information content (AvgIpc) is 3.68. The number of benzene rings is 3. The van der Waals surface area contributed by atoms with Crippen molar-refractivity contribution in [3.8, 4) is 22.6 Å². The van der Waals surface area contributed by atoms with Gasteiger partial charge in [-0.1, -0.05) is 24.3 Å². The number of hydrogen-bond donors (Lipinski definition) is 2. The fraction of sp³-hybridized carbons (Fsp3) is 0.176. The van der Waals surface area contributed by atoms with Crippen molar-refractivity contribution in [2.75, 3.05) is 41.8 Å². The number of thiazole rings is 1. The maximum atomic E-state index is 14.5. The highest BCUT2D eigenvalue weighted by Gasteiger charge is 2.35.